The summed E-state index contributed by atoms with van der Waals surface area (Å²) in [6.45, 7) is 4.13. The molecule has 0 unspecified atom stereocenters. The van der Waals surface area contributed by atoms with E-state index in [1.807, 2.05) is 6.07 Å². The highest BCUT2D eigenvalue weighted by atomic mass is 35.5. The van der Waals surface area contributed by atoms with Crippen molar-refractivity contribution < 1.29 is 27.8 Å². The van der Waals surface area contributed by atoms with Gasteiger partial charge in [-0.3, -0.25) is 19.6 Å². The van der Waals surface area contributed by atoms with Crippen LogP contribution in [0.5, 0.6) is 5.75 Å². The van der Waals surface area contributed by atoms with E-state index in [0.29, 0.717) is 53.3 Å². The molecule has 2 saturated heterocycles. The Bertz CT molecular complexity index is 1880. The number of nitrogens with zero attached hydrogens (tertiary/aromatic N) is 3. The quantitative estimate of drug-likeness (QED) is 0.160. The molecule has 7 nitrogen and oxygen atoms in total. The van der Waals surface area contributed by atoms with Crippen molar-refractivity contribution in [3.8, 4) is 16.9 Å². The van der Waals surface area contributed by atoms with Gasteiger partial charge in [-0.15, -0.1) is 0 Å². The molecule has 2 aliphatic rings. The van der Waals surface area contributed by atoms with Gasteiger partial charge in [-0.05, 0) is 73.3 Å². The van der Waals surface area contributed by atoms with Crippen LogP contribution in [0.2, 0.25) is 10.0 Å². The molecule has 0 saturated carbocycles. The molecule has 12 heteroatoms. The number of aromatic nitrogens is 1. The summed E-state index contributed by atoms with van der Waals surface area (Å²) in [4.78, 5) is 21.7. The lowest BCUT2D eigenvalue weighted by Gasteiger charge is -2.20. The molecule has 2 fully saturated rings. The minimum atomic E-state index is -4.58. The average molecular weight is 726 g/mol. The molecule has 262 valence electrons. The summed E-state index contributed by atoms with van der Waals surface area (Å²) in [5, 5.41) is 13.1. The van der Waals surface area contributed by atoms with Gasteiger partial charge in [0.15, 0.2) is 0 Å². The Labute approximate surface area is 299 Å². The zero-order valence-corrected chi connectivity index (χ0v) is 29.0. The molecular weight excluding hydrogens is 688 g/mol. The fourth-order valence-electron chi connectivity index (χ4n) is 6.47. The second-order valence-corrected chi connectivity index (χ2v) is 13.4. The van der Waals surface area contributed by atoms with E-state index in [-0.39, 0.29) is 27.4 Å². The molecule has 3 aromatic carbocycles. The second-order valence-electron chi connectivity index (χ2n) is 12.6. The first kappa shape index (κ1) is 35.9. The molecule has 0 aliphatic carbocycles. The summed E-state index contributed by atoms with van der Waals surface area (Å²) >= 11 is 13.7. The number of methoxy groups -OCH3 is 1. The van der Waals surface area contributed by atoms with Gasteiger partial charge in [0, 0.05) is 49.1 Å². The van der Waals surface area contributed by atoms with E-state index in [0.717, 1.165) is 44.5 Å². The lowest BCUT2D eigenvalue weighted by molar-refractivity contribution is -0.137. The van der Waals surface area contributed by atoms with Crippen LogP contribution in [0.15, 0.2) is 66.9 Å². The molecule has 1 aromatic heterocycles. The van der Waals surface area contributed by atoms with Crippen LogP contribution in [0.3, 0.4) is 0 Å². The first-order chi connectivity index (χ1) is 24.0. The SMILES string of the molecule is COc1cc(/C=C/c2cccc(-c3cccc(NC(=O)c4ccc(CN5CC[C@@H](O)C5)cn4)c3Cl)c2Cl)c(C(F)(F)F)cc1CN1CCCC1. The van der Waals surface area contributed by atoms with Crippen LogP contribution in [0.1, 0.15) is 57.6 Å². The number of amides is 1. The topological polar surface area (TPSA) is 77.9 Å². The highest BCUT2D eigenvalue weighted by Crippen LogP contribution is 2.41. The first-order valence-corrected chi connectivity index (χ1v) is 17.2. The van der Waals surface area contributed by atoms with Crippen LogP contribution in [0.25, 0.3) is 23.3 Å². The number of ether oxygens (including phenoxy) is 1. The number of likely N-dealkylation sites (tertiary alicyclic amines) is 2. The van der Waals surface area contributed by atoms with E-state index in [2.05, 4.69) is 20.1 Å². The number of aliphatic hydroxyl groups is 1. The summed E-state index contributed by atoms with van der Waals surface area (Å²) in [6, 6.07) is 16.4. The Balaban J connectivity index is 1.22. The Morgan fingerprint density at radius 3 is 2.34 bits per heavy atom. The standard InChI is InChI=1S/C38H37Cl2F3N4O3/c1-50-34-19-26(31(38(41,42)43)18-27(34)22-46-15-2-3-16-46)12-11-25-6-4-7-29(35(25)39)30-8-5-9-32(36(30)40)45-37(49)33-13-10-24(20-44-33)21-47-17-14-28(48)23-47/h4-13,18-20,28,48H,2-3,14-17,21-23H2,1H3,(H,45,49)/b12-11+/t28-/m1/s1. The first-order valence-electron chi connectivity index (χ1n) is 16.4. The second kappa shape index (κ2) is 15.5. The van der Waals surface area contributed by atoms with Crippen LogP contribution < -0.4 is 10.1 Å². The van der Waals surface area contributed by atoms with Crippen LogP contribution in [-0.4, -0.2) is 65.2 Å². The predicted molar refractivity (Wildman–Crippen MR) is 191 cm³/mol. The molecule has 6 rings (SSSR count). The van der Waals surface area contributed by atoms with E-state index < -0.39 is 17.6 Å². The van der Waals surface area contributed by atoms with Gasteiger partial charge >= 0.3 is 6.18 Å². The maximum absolute atomic E-state index is 14.3. The molecule has 4 aromatic rings. The predicted octanol–water partition coefficient (Wildman–Crippen LogP) is 8.67. The van der Waals surface area contributed by atoms with Crippen LogP contribution in [0, 0.1) is 0 Å². The van der Waals surface area contributed by atoms with Gasteiger partial charge in [-0.1, -0.05) is 71.8 Å². The van der Waals surface area contributed by atoms with Gasteiger partial charge < -0.3 is 15.2 Å². The molecule has 1 atom stereocenters. The van der Waals surface area contributed by atoms with Gasteiger partial charge in [0.05, 0.1) is 34.5 Å². The number of pyridine rings is 1. The maximum atomic E-state index is 14.3. The van der Waals surface area contributed by atoms with E-state index in [1.54, 1.807) is 48.7 Å². The van der Waals surface area contributed by atoms with E-state index in [4.69, 9.17) is 27.9 Å². The summed E-state index contributed by atoms with van der Waals surface area (Å²) in [7, 11) is 1.46. The number of anilines is 1. The number of carbonyl (C=O) groups excluding carboxylic acids is 1. The minimum Gasteiger partial charge on any atom is -0.496 e. The number of aliphatic hydroxyl groups excluding tert-OH is 1. The van der Waals surface area contributed by atoms with Crippen LogP contribution in [0.4, 0.5) is 18.9 Å². The van der Waals surface area contributed by atoms with Crippen molar-refractivity contribution in [2.24, 2.45) is 0 Å². The van der Waals surface area contributed by atoms with Gasteiger partial charge in [-0.2, -0.15) is 13.2 Å². The van der Waals surface area contributed by atoms with Gasteiger partial charge in [-0.25, -0.2) is 0 Å². The van der Waals surface area contributed by atoms with E-state index >= 15 is 0 Å². The van der Waals surface area contributed by atoms with E-state index in [1.165, 1.54) is 31.4 Å². The smallest absolute Gasteiger partial charge is 0.417 e. The summed E-state index contributed by atoms with van der Waals surface area (Å²) in [5.74, 6) is -0.0543. The van der Waals surface area contributed by atoms with Gasteiger partial charge in [0.2, 0.25) is 0 Å². The van der Waals surface area contributed by atoms with Crippen molar-refractivity contribution in [3.05, 3.63) is 110 Å². The molecule has 50 heavy (non-hydrogen) atoms. The number of β-amino-alcohol motifs (C(OH)–C–C–N with tert-alkyl or cyclic N) is 1. The van der Waals surface area contributed by atoms with Crippen molar-refractivity contribution in [3.63, 3.8) is 0 Å². The molecular formula is C38H37Cl2F3N4O3. The number of nitrogens with one attached hydrogen (secondary N) is 1. The molecule has 2 N–H and O–H groups in total. The monoisotopic (exact) mass is 724 g/mol. The number of halogens is 5. The number of rotatable bonds is 10. The molecule has 3 heterocycles. The highest BCUT2D eigenvalue weighted by molar-refractivity contribution is 6.39. The lowest BCUT2D eigenvalue weighted by atomic mass is 9.99. The third-order valence-corrected chi connectivity index (χ3v) is 9.90. The fraction of sp³-hybridized carbons (Fsp3) is 0.316. The molecule has 2 aliphatic heterocycles. The number of carbonyl (C=O) groups is 1. The minimum absolute atomic E-state index is 0.0415. The average Bonchev–Trinajstić information content (AvgIpc) is 3.76. The maximum Gasteiger partial charge on any atom is 0.417 e. The summed E-state index contributed by atoms with van der Waals surface area (Å²) in [5.41, 5.74) is 2.74. The number of benzene rings is 3. The Hall–Kier alpha value is -3.93. The van der Waals surface area contributed by atoms with Crippen LogP contribution >= 0.6 is 23.2 Å². The van der Waals surface area contributed by atoms with Crippen molar-refractivity contribution in [2.75, 3.05) is 38.6 Å². The molecule has 0 spiro atoms. The lowest BCUT2D eigenvalue weighted by Crippen LogP contribution is -2.21. The van der Waals surface area contributed by atoms with Crippen molar-refractivity contribution >= 4 is 46.9 Å². The molecule has 0 radical (unpaired) electrons. The number of hydrogen-bond acceptors (Lipinski definition) is 6. The zero-order valence-electron chi connectivity index (χ0n) is 27.4. The van der Waals surface area contributed by atoms with Crippen molar-refractivity contribution in [1.82, 2.24) is 14.8 Å². The summed E-state index contributed by atoms with van der Waals surface area (Å²) in [6.07, 6.45) is 2.48. The zero-order chi connectivity index (χ0) is 35.4. The van der Waals surface area contributed by atoms with Crippen LogP contribution in [-0.2, 0) is 19.3 Å². The summed E-state index contributed by atoms with van der Waals surface area (Å²) < 4.78 is 48.4. The van der Waals surface area contributed by atoms with Crippen molar-refractivity contribution in [1.29, 1.82) is 0 Å². The highest BCUT2D eigenvalue weighted by Gasteiger charge is 2.34. The van der Waals surface area contributed by atoms with E-state index in [9.17, 15) is 23.1 Å². The normalized spacial score (nSPS) is 17.1. The third kappa shape index (κ3) is 8.33. The Morgan fingerprint density at radius 1 is 0.960 bits per heavy atom. The molecule has 0 bridgehead atoms. The third-order valence-electron chi connectivity index (χ3n) is 9.07. The van der Waals surface area contributed by atoms with Gasteiger partial charge in [0.1, 0.15) is 11.4 Å². The fourth-order valence-corrected chi connectivity index (χ4v) is 7.04. The van der Waals surface area contributed by atoms with Crippen molar-refractivity contribution in [2.45, 2.75) is 44.6 Å². The number of hydrogen-bond donors (Lipinski definition) is 2. The Morgan fingerprint density at radius 2 is 1.68 bits per heavy atom. The van der Waals surface area contributed by atoms with Gasteiger partial charge in [0.25, 0.3) is 5.91 Å². The molecule has 1 amide bonds. The Kier molecular flexibility index (Phi) is 11.1. The largest absolute Gasteiger partial charge is 0.496 e. The number of alkyl halides is 3.